The van der Waals surface area contributed by atoms with Gasteiger partial charge in [0.2, 0.25) is 11.8 Å². The Morgan fingerprint density at radius 2 is 1.48 bits per heavy atom. The number of ketones is 1. The van der Waals surface area contributed by atoms with Gasteiger partial charge < -0.3 is 25.8 Å². The Labute approximate surface area is 286 Å². The molecule has 10 nitrogen and oxygen atoms in total. The van der Waals surface area contributed by atoms with E-state index >= 15 is 8.78 Å². The molecule has 0 aliphatic carbocycles. The van der Waals surface area contributed by atoms with Crippen molar-refractivity contribution in [2.24, 2.45) is 5.92 Å². The van der Waals surface area contributed by atoms with Crippen LogP contribution in [0.15, 0.2) is 72.8 Å². The van der Waals surface area contributed by atoms with Crippen LogP contribution in [0.2, 0.25) is 5.02 Å². The fraction of sp³-hybridized carbons (Fsp3) is 0.303. The van der Waals surface area contributed by atoms with Crippen molar-refractivity contribution >= 4 is 41.1 Å². The van der Waals surface area contributed by atoms with Crippen molar-refractivity contribution in [3.63, 3.8) is 0 Å². The van der Waals surface area contributed by atoms with Crippen LogP contribution in [0, 0.1) is 11.7 Å². The molecule has 3 amide bonds. The first-order chi connectivity index (χ1) is 23.3. The van der Waals surface area contributed by atoms with Crippen LogP contribution >= 0.6 is 11.6 Å². The third kappa shape index (κ3) is 10.7. The average molecular weight is 730 g/mol. The number of Topliss-reactive ketones (excluding diaryl/α,β-unsaturated/α-hetero) is 1. The summed E-state index contributed by atoms with van der Waals surface area (Å²) in [5.41, 5.74) is -0.919. The van der Waals surface area contributed by atoms with Crippen LogP contribution in [0.1, 0.15) is 36.6 Å². The van der Waals surface area contributed by atoms with Crippen molar-refractivity contribution in [2.75, 3.05) is 6.61 Å². The molecule has 0 spiro atoms. The van der Waals surface area contributed by atoms with Gasteiger partial charge in [0.1, 0.15) is 23.7 Å². The number of carbonyl (C=O) groups is 5. The second-order valence-electron chi connectivity index (χ2n) is 11.2. The van der Waals surface area contributed by atoms with E-state index in [1.807, 2.05) is 10.6 Å². The van der Waals surface area contributed by atoms with E-state index in [0.29, 0.717) is 0 Å². The maximum absolute atomic E-state index is 15.3. The van der Waals surface area contributed by atoms with E-state index < -0.39 is 90.0 Å². The molecule has 0 aliphatic rings. The van der Waals surface area contributed by atoms with Crippen molar-refractivity contribution in [3.05, 3.63) is 100 Å². The smallest absolute Gasteiger partial charge is 0.452 e. The minimum Gasteiger partial charge on any atom is -0.482 e. The van der Waals surface area contributed by atoms with Crippen LogP contribution in [0.5, 0.6) is 5.75 Å². The Morgan fingerprint density at radius 1 is 0.840 bits per heavy atom. The fourth-order valence-corrected chi connectivity index (χ4v) is 4.76. The predicted molar refractivity (Wildman–Crippen MR) is 166 cm³/mol. The number of rotatable bonds is 15. The number of alkyl halides is 5. The zero-order valence-electron chi connectivity index (χ0n) is 26.2. The second-order valence-corrected chi connectivity index (χ2v) is 11.7. The standard InChI is InChI=1S/C33H30ClF6N3O7/c1-17(2)26(28(46)33(38,39)40)42-30(48)27(19-9-11-23(12-10-19)50-16-25(44)45)43-29(47)24(14-18-5-3-8-22(35)13-18)41-31(49)32(36,37)20-6-4-7-21(34)15-20/h3-13,15,17,24,26-27H,14,16H2,1-2H3,(H,41,49)(H,42,48)(H,43,47)(H,44,45). The third-order valence-electron chi connectivity index (χ3n) is 7.07. The molecule has 0 aromatic heterocycles. The van der Waals surface area contributed by atoms with Gasteiger partial charge in [-0.3, -0.25) is 19.2 Å². The lowest BCUT2D eigenvalue weighted by Crippen LogP contribution is -2.56. The van der Waals surface area contributed by atoms with E-state index in [1.165, 1.54) is 44.2 Å². The van der Waals surface area contributed by atoms with Crippen molar-refractivity contribution in [1.29, 1.82) is 0 Å². The monoisotopic (exact) mass is 729 g/mol. The summed E-state index contributed by atoms with van der Waals surface area (Å²) in [6.45, 7) is 1.69. The quantitative estimate of drug-likeness (QED) is 0.163. The van der Waals surface area contributed by atoms with Gasteiger partial charge in [-0.25, -0.2) is 9.18 Å². The molecular formula is C33H30ClF6N3O7. The van der Waals surface area contributed by atoms with Crippen molar-refractivity contribution in [3.8, 4) is 5.75 Å². The van der Waals surface area contributed by atoms with E-state index in [-0.39, 0.29) is 21.9 Å². The highest BCUT2D eigenvalue weighted by Crippen LogP contribution is 2.30. The number of halogens is 7. The molecule has 0 bridgehead atoms. The average Bonchev–Trinajstić information content (AvgIpc) is 3.04. The zero-order valence-corrected chi connectivity index (χ0v) is 27.0. The van der Waals surface area contributed by atoms with Crippen molar-refractivity contribution in [2.45, 2.75) is 50.5 Å². The Morgan fingerprint density at radius 3 is 2.04 bits per heavy atom. The third-order valence-corrected chi connectivity index (χ3v) is 7.31. The molecule has 3 aromatic carbocycles. The van der Waals surface area contributed by atoms with Crippen molar-refractivity contribution in [1.82, 2.24) is 16.0 Å². The summed E-state index contributed by atoms with van der Waals surface area (Å²) in [5.74, 6) is -14.4. The van der Waals surface area contributed by atoms with Gasteiger partial charge in [-0.15, -0.1) is 0 Å². The van der Waals surface area contributed by atoms with Crippen LogP contribution in [-0.4, -0.2) is 59.4 Å². The lowest BCUT2D eigenvalue weighted by molar-refractivity contribution is -0.175. The van der Waals surface area contributed by atoms with Crippen LogP contribution in [0.3, 0.4) is 0 Å². The molecule has 0 saturated heterocycles. The van der Waals surface area contributed by atoms with Crippen LogP contribution in [-0.2, 0) is 36.3 Å². The minimum absolute atomic E-state index is 0.0200. The number of hydrogen-bond donors (Lipinski definition) is 4. The molecule has 0 radical (unpaired) electrons. The molecular weight excluding hydrogens is 700 g/mol. The molecule has 50 heavy (non-hydrogen) atoms. The molecule has 268 valence electrons. The maximum atomic E-state index is 15.3. The fourth-order valence-electron chi connectivity index (χ4n) is 4.57. The highest BCUT2D eigenvalue weighted by Gasteiger charge is 2.46. The topological polar surface area (TPSA) is 151 Å². The number of carbonyl (C=O) groups excluding carboxylic acids is 4. The van der Waals surface area contributed by atoms with Crippen LogP contribution < -0.4 is 20.7 Å². The number of ether oxygens (including phenoxy) is 1. The largest absolute Gasteiger partial charge is 0.482 e. The van der Waals surface area contributed by atoms with E-state index in [4.69, 9.17) is 21.4 Å². The molecule has 17 heteroatoms. The van der Waals surface area contributed by atoms with Gasteiger partial charge >= 0.3 is 18.1 Å². The van der Waals surface area contributed by atoms with Gasteiger partial charge in [-0.2, -0.15) is 22.0 Å². The van der Waals surface area contributed by atoms with Crippen molar-refractivity contribution < 1.29 is 60.2 Å². The summed E-state index contributed by atoms with van der Waals surface area (Å²) in [6.07, 6.45) is -5.95. The summed E-state index contributed by atoms with van der Waals surface area (Å²) < 4.78 is 89.6. The van der Waals surface area contributed by atoms with Crippen LogP contribution in [0.25, 0.3) is 0 Å². The summed E-state index contributed by atoms with van der Waals surface area (Å²) >= 11 is 5.80. The first kappa shape index (κ1) is 39.3. The SMILES string of the molecule is CC(C)C(NC(=O)C(NC(=O)C(Cc1cccc(F)c1)NC(=O)C(F)(F)c1cccc(Cl)c1)c1ccc(OCC(=O)O)cc1)C(=O)C(F)(F)F. The molecule has 3 aromatic rings. The van der Waals surface area contributed by atoms with E-state index in [1.54, 1.807) is 0 Å². The normalized spacial score (nSPS) is 13.5. The second kappa shape index (κ2) is 16.5. The Balaban J connectivity index is 2.02. The highest BCUT2D eigenvalue weighted by molar-refractivity contribution is 6.30. The maximum Gasteiger partial charge on any atom is 0.452 e. The number of hydrogen-bond acceptors (Lipinski definition) is 6. The molecule has 4 N–H and O–H groups in total. The Kier molecular flexibility index (Phi) is 13.0. The molecule has 0 heterocycles. The van der Waals surface area contributed by atoms with E-state index in [2.05, 4.69) is 5.32 Å². The highest BCUT2D eigenvalue weighted by atomic mass is 35.5. The van der Waals surface area contributed by atoms with Gasteiger partial charge in [0.25, 0.3) is 11.7 Å². The predicted octanol–water partition coefficient (Wildman–Crippen LogP) is 4.89. The first-order valence-electron chi connectivity index (χ1n) is 14.6. The van der Waals surface area contributed by atoms with Crippen LogP contribution in [0.4, 0.5) is 26.3 Å². The lowest BCUT2D eigenvalue weighted by Gasteiger charge is -2.28. The lowest BCUT2D eigenvalue weighted by atomic mass is 9.97. The molecule has 3 atom stereocenters. The Bertz CT molecular complexity index is 1720. The minimum atomic E-state index is -5.35. The van der Waals surface area contributed by atoms with E-state index in [9.17, 15) is 41.5 Å². The number of amides is 3. The van der Waals surface area contributed by atoms with E-state index in [0.717, 1.165) is 42.5 Å². The number of aliphatic carboxylic acids is 1. The summed E-state index contributed by atoms with van der Waals surface area (Å²) in [6, 6.07) is 7.41. The number of carboxylic acid groups (broad SMARTS) is 1. The number of nitrogens with one attached hydrogen (secondary N) is 3. The van der Waals surface area contributed by atoms with Gasteiger partial charge in [0.15, 0.2) is 6.61 Å². The van der Waals surface area contributed by atoms with Gasteiger partial charge in [0, 0.05) is 17.0 Å². The summed E-state index contributed by atoms with van der Waals surface area (Å²) in [4.78, 5) is 63.2. The number of benzene rings is 3. The molecule has 3 rings (SSSR count). The molecule has 0 saturated carbocycles. The van der Waals surface area contributed by atoms with Gasteiger partial charge in [-0.05, 0) is 53.4 Å². The molecule has 0 fully saturated rings. The Hall–Kier alpha value is -5.12. The van der Waals surface area contributed by atoms with Gasteiger partial charge in [0.05, 0.1) is 6.04 Å². The molecule has 0 aliphatic heterocycles. The zero-order chi connectivity index (χ0) is 37.4. The number of carboxylic acids is 1. The summed E-state index contributed by atoms with van der Waals surface area (Å²) in [7, 11) is 0. The summed E-state index contributed by atoms with van der Waals surface area (Å²) in [5, 5.41) is 14.8. The molecule has 3 unspecified atom stereocenters. The first-order valence-corrected chi connectivity index (χ1v) is 15.0. The van der Waals surface area contributed by atoms with Gasteiger partial charge in [-0.1, -0.05) is 61.8 Å².